The fourth-order valence-electron chi connectivity index (χ4n) is 4.13. The molecule has 0 radical (unpaired) electrons. The number of hydrogen-bond acceptors (Lipinski definition) is 3. The molecule has 1 aromatic carbocycles. The number of piperidine rings is 1. The number of rotatable bonds is 6. The van der Waals surface area contributed by atoms with Gasteiger partial charge in [-0.05, 0) is 56.3 Å². The average Bonchev–Trinajstić information content (AvgIpc) is 3.12. The molecule has 0 bridgehead atoms. The second-order valence-corrected chi connectivity index (χ2v) is 8.11. The van der Waals surface area contributed by atoms with Crippen LogP contribution >= 0.6 is 0 Å². The van der Waals surface area contributed by atoms with E-state index in [4.69, 9.17) is 0 Å². The van der Waals surface area contributed by atoms with E-state index in [2.05, 4.69) is 10.2 Å². The number of amides is 2. The van der Waals surface area contributed by atoms with E-state index in [9.17, 15) is 22.8 Å². The third-order valence-corrected chi connectivity index (χ3v) is 5.88. The molecule has 2 amide bonds. The molecular weight excluding hydrogens is 383 g/mol. The Morgan fingerprint density at radius 2 is 1.97 bits per heavy atom. The van der Waals surface area contributed by atoms with Gasteiger partial charge in [0.25, 0.3) is 0 Å². The van der Waals surface area contributed by atoms with Crippen LogP contribution in [0.15, 0.2) is 24.3 Å². The fraction of sp³-hybridized carbons (Fsp3) is 0.619. The number of hydrogen-bond donors (Lipinski definition) is 1. The molecule has 5 nitrogen and oxygen atoms in total. The van der Waals surface area contributed by atoms with Crippen LogP contribution < -0.4 is 5.32 Å². The second kappa shape index (κ2) is 9.15. The summed E-state index contributed by atoms with van der Waals surface area (Å²) in [6.45, 7) is 3.17. The first-order valence-electron chi connectivity index (χ1n) is 10.1. The van der Waals surface area contributed by atoms with Crippen molar-refractivity contribution in [3.8, 4) is 0 Å². The second-order valence-electron chi connectivity index (χ2n) is 8.11. The summed E-state index contributed by atoms with van der Waals surface area (Å²) in [5, 5.41) is 2.72. The van der Waals surface area contributed by atoms with Crippen molar-refractivity contribution in [3.63, 3.8) is 0 Å². The lowest BCUT2D eigenvalue weighted by Crippen LogP contribution is -2.46. The summed E-state index contributed by atoms with van der Waals surface area (Å²) in [5.41, 5.74) is 0.103. The summed E-state index contributed by atoms with van der Waals surface area (Å²) in [7, 11) is 1.78. The van der Waals surface area contributed by atoms with Gasteiger partial charge in [0.1, 0.15) is 6.04 Å². The minimum Gasteiger partial charge on any atom is -0.344 e. The van der Waals surface area contributed by atoms with Crippen LogP contribution in [0.3, 0.4) is 0 Å². The Bertz CT molecular complexity index is 730. The molecule has 2 aliphatic heterocycles. The monoisotopic (exact) mass is 411 g/mol. The van der Waals surface area contributed by atoms with Gasteiger partial charge in [-0.25, -0.2) is 0 Å². The van der Waals surface area contributed by atoms with E-state index in [1.54, 1.807) is 18.0 Å². The molecule has 8 heteroatoms. The lowest BCUT2D eigenvalue weighted by molar-refractivity contribution is -0.137. The molecule has 2 heterocycles. The Labute approximate surface area is 169 Å². The number of nitrogens with zero attached hydrogens (tertiary/aromatic N) is 2. The summed E-state index contributed by atoms with van der Waals surface area (Å²) >= 11 is 0. The van der Waals surface area contributed by atoms with Crippen LogP contribution in [-0.4, -0.2) is 60.9 Å². The Balaban J connectivity index is 1.40. The van der Waals surface area contributed by atoms with Crippen molar-refractivity contribution >= 4 is 11.8 Å². The molecule has 0 saturated carbocycles. The van der Waals surface area contributed by atoms with E-state index in [-0.39, 0.29) is 17.9 Å². The molecule has 0 aliphatic carbocycles. The van der Waals surface area contributed by atoms with E-state index in [1.807, 2.05) is 0 Å². The third-order valence-electron chi connectivity index (χ3n) is 5.88. The average molecular weight is 411 g/mol. The van der Waals surface area contributed by atoms with Gasteiger partial charge in [-0.2, -0.15) is 13.2 Å². The van der Waals surface area contributed by atoms with Crippen molar-refractivity contribution in [3.05, 3.63) is 35.4 Å². The standard InChI is InChI=1S/C21H28F3N3O2/c1-26(20(29)18-5-6-19(28)25-18)14-16-8-11-27(12-9-16)10-7-15-3-2-4-17(13-15)21(22,23)24/h2-4,13,16,18H,5-12,14H2,1H3,(H,25,28)/t18-/m0/s1. The highest BCUT2D eigenvalue weighted by Gasteiger charge is 2.31. The van der Waals surface area contributed by atoms with Gasteiger partial charge >= 0.3 is 6.18 Å². The molecule has 2 saturated heterocycles. The van der Waals surface area contributed by atoms with E-state index in [1.165, 1.54) is 12.1 Å². The van der Waals surface area contributed by atoms with Crippen molar-refractivity contribution in [1.29, 1.82) is 0 Å². The Morgan fingerprint density at radius 1 is 1.24 bits per heavy atom. The maximum absolute atomic E-state index is 12.8. The summed E-state index contributed by atoms with van der Waals surface area (Å²) in [6, 6.07) is 5.15. The summed E-state index contributed by atoms with van der Waals surface area (Å²) < 4.78 is 38.5. The lowest BCUT2D eigenvalue weighted by atomic mass is 9.95. The molecule has 0 spiro atoms. The van der Waals surface area contributed by atoms with Gasteiger partial charge < -0.3 is 15.1 Å². The van der Waals surface area contributed by atoms with Crippen molar-refractivity contribution in [2.24, 2.45) is 5.92 Å². The van der Waals surface area contributed by atoms with Crippen LogP contribution in [-0.2, 0) is 22.2 Å². The number of likely N-dealkylation sites (tertiary alicyclic amines) is 1. The van der Waals surface area contributed by atoms with Crippen molar-refractivity contribution in [1.82, 2.24) is 15.1 Å². The fourth-order valence-corrected chi connectivity index (χ4v) is 4.13. The van der Waals surface area contributed by atoms with Gasteiger partial charge in [-0.1, -0.05) is 18.2 Å². The Kier molecular flexibility index (Phi) is 6.82. The maximum Gasteiger partial charge on any atom is 0.416 e. The number of carbonyl (C=O) groups is 2. The predicted molar refractivity (Wildman–Crippen MR) is 103 cm³/mol. The molecule has 3 rings (SSSR count). The van der Waals surface area contributed by atoms with Gasteiger partial charge in [-0.15, -0.1) is 0 Å². The van der Waals surface area contributed by atoms with E-state index in [0.29, 0.717) is 37.3 Å². The molecule has 1 N–H and O–H groups in total. The summed E-state index contributed by atoms with van der Waals surface area (Å²) in [4.78, 5) is 27.7. The molecule has 29 heavy (non-hydrogen) atoms. The normalized spacial score (nSPS) is 21.2. The number of carbonyl (C=O) groups excluding carboxylic acids is 2. The van der Waals surface area contributed by atoms with Crippen molar-refractivity contribution < 1.29 is 22.8 Å². The quantitative estimate of drug-likeness (QED) is 0.783. The van der Waals surface area contributed by atoms with E-state index < -0.39 is 11.7 Å². The smallest absolute Gasteiger partial charge is 0.344 e. The maximum atomic E-state index is 12.8. The van der Waals surface area contributed by atoms with Crippen LogP contribution in [0.5, 0.6) is 0 Å². The molecular formula is C21H28F3N3O2. The van der Waals surface area contributed by atoms with E-state index in [0.717, 1.165) is 38.5 Å². The number of halogens is 3. The zero-order chi connectivity index (χ0) is 21.0. The van der Waals surface area contributed by atoms with Crippen LogP contribution in [0.25, 0.3) is 0 Å². The Morgan fingerprint density at radius 3 is 2.59 bits per heavy atom. The minimum absolute atomic E-state index is 0.0252. The topological polar surface area (TPSA) is 52.7 Å². The van der Waals surface area contributed by atoms with E-state index >= 15 is 0 Å². The van der Waals surface area contributed by atoms with Gasteiger partial charge in [0.05, 0.1) is 5.56 Å². The lowest BCUT2D eigenvalue weighted by Gasteiger charge is -2.34. The first-order chi connectivity index (χ1) is 13.7. The number of alkyl halides is 3. The van der Waals surface area contributed by atoms with Gasteiger partial charge in [-0.3, -0.25) is 9.59 Å². The molecule has 0 aromatic heterocycles. The highest BCUT2D eigenvalue weighted by molar-refractivity contribution is 5.90. The largest absolute Gasteiger partial charge is 0.416 e. The number of benzene rings is 1. The molecule has 2 fully saturated rings. The Hall–Kier alpha value is -2.09. The number of nitrogens with one attached hydrogen (secondary N) is 1. The van der Waals surface area contributed by atoms with Gasteiger partial charge in [0.2, 0.25) is 11.8 Å². The number of likely N-dealkylation sites (N-methyl/N-ethyl adjacent to an activating group) is 1. The highest BCUT2D eigenvalue weighted by atomic mass is 19.4. The SMILES string of the molecule is CN(CC1CCN(CCc2cccc(C(F)(F)F)c2)CC1)C(=O)[C@@H]1CCC(=O)N1. The zero-order valence-electron chi connectivity index (χ0n) is 16.7. The molecule has 2 aliphatic rings. The van der Waals surface area contributed by atoms with Gasteiger partial charge in [0.15, 0.2) is 0 Å². The molecule has 1 aromatic rings. The minimum atomic E-state index is -4.31. The predicted octanol–water partition coefficient (Wildman–Crippen LogP) is 2.70. The molecule has 0 unspecified atom stereocenters. The summed E-state index contributed by atoms with van der Waals surface area (Å²) in [5.74, 6) is 0.319. The van der Waals surface area contributed by atoms with Crippen LogP contribution in [0.1, 0.15) is 36.8 Å². The first kappa shape index (κ1) is 21.6. The third kappa shape index (κ3) is 5.95. The van der Waals surface area contributed by atoms with Crippen LogP contribution in [0.2, 0.25) is 0 Å². The molecule has 160 valence electrons. The van der Waals surface area contributed by atoms with Gasteiger partial charge in [0, 0.05) is 26.6 Å². The first-order valence-corrected chi connectivity index (χ1v) is 10.1. The molecule has 1 atom stereocenters. The van der Waals surface area contributed by atoms with Crippen LogP contribution in [0, 0.1) is 5.92 Å². The summed E-state index contributed by atoms with van der Waals surface area (Å²) in [6.07, 6.45) is -0.827. The highest BCUT2D eigenvalue weighted by Crippen LogP contribution is 2.29. The zero-order valence-corrected chi connectivity index (χ0v) is 16.7. The van der Waals surface area contributed by atoms with Crippen LogP contribution in [0.4, 0.5) is 13.2 Å². The van der Waals surface area contributed by atoms with Crippen molar-refractivity contribution in [2.45, 2.75) is 44.3 Å². The van der Waals surface area contributed by atoms with Crippen molar-refractivity contribution in [2.75, 3.05) is 33.2 Å².